The summed E-state index contributed by atoms with van der Waals surface area (Å²) in [6.07, 6.45) is 0.534. The minimum absolute atomic E-state index is 0.0489. The Balaban J connectivity index is 1.81. The average molecular weight is 341 g/mol. The number of rotatable bonds is 6. The molecule has 5 nitrogen and oxygen atoms in total. The number of ketones is 1. The molecule has 1 aliphatic heterocycles. The maximum atomic E-state index is 12.8. The van der Waals surface area contributed by atoms with E-state index in [0.29, 0.717) is 30.8 Å². The van der Waals surface area contributed by atoms with E-state index in [1.54, 1.807) is 30.3 Å². The third kappa shape index (κ3) is 3.45. The first kappa shape index (κ1) is 17.3. The molecular formula is C20H23NO4. The Kier molecular flexibility index (Phi) is 4.93. The number of carbonyl (C=O) groups excluding carboxylic acids is 2. The van der Waals surface area contributed by atoms with E-state index in [1.165, 1.54) is 0 Å². The number of aromatic nitrogens is 1. The summed E-state index contributed by atoms with van der Waals surface area (Å²) in [5, 5.41) is 0. The predicted molar refractivity (Wildman–Crippen MR) is 94.1 cm³/mol. The highest BCUT2D eigenvalue weighted by Gasteiger charge is 2.33. The van der Waals surface area contributed by atoms with Crippen LogP contribution in [0.15, 0.2) is 36.4 Å². The summed E-state index contributed by atoms with van der Waals surface area (Å²) in [4.78, 5) is 25.0. The van der Waals surface area contributed by atoms with Crippen molar-refractivity contribution < 1.29 is 19.1 Å². The van der Waals surface area contributed by atoms with E-state index in [0.717, 1.165) is 11.4 Å². The molecule has 5 heteroatoms. The van der Waals surface area contributed by atoms with E-state index in [4.69, 9.17) is 9.47 Å². The third-order valence-electron chi connectivity index (χ3n) is 4.31. The molecule has 132 valence electrons. The van der Waals surface area contributed by atoms with E-state index in [2.05, 4.69) is 0 Å². The van der Waals surface area contributed by atoms with Gasteiger partial charge in [0.1, 0.15) is 5.75 Å². The number of ether oxygens (including phenoxy) is 2. The first-order valence-corrected chi connectivity index (χ1v) is 8.68. The zero-order valence-corrected chi connectivity index (χ0v) is 14.8. The molecule has 1 atom stereocenters. The lowest BCUT2D eigenvalue weighted by atomic mass is 10.1. The van der Waals surface area contributed by atoms with Gasteiger partial charge in [-0.05, 0) is 63.6 Å². The van der Waals surface area contributed by atoms with Gasteiger partial charge in [0.15, 0.2) is 0 Å². The van der Waals surface area contributed by atoms with Crippen LogP contribution >= 0.6 is 0 Å². The minimum atomic E-state index is -0.288. The van der Waals surface area contributed by atoms with Gasteiger partial charge in [-0.15, -0.1) is 0 Å². The number of hydrogen-bond acceptors (Lipinski definition) is 4. The van der Waals surface area contributed by atoms with Crippen LogP contribution in [-0.4, -0.2) is 29.0 Å². The van der Waals surface area contributed by atoms with Gasteiger partial charge in [0, 0.05) is 17.8 Å². The Morgan fingerprint density at radius 3 is 2.52 bits per heavy atom. The lowest BCUT2D eigenvalue weighted by molar-refractivity contribution is -0.149. The van der Waals surface area contributed by atoms with Gasteiger partial charge in [-0.2, -0.15) is 0 Å². The molecule has 2 aromatic rings. The molecule has 1 unspecified atom stereocenters. The van der Waals surface area contributed by atoms with Gasteiger partial charge in [0.05, 0.1) is 24.3 Å². The summed E-state index contributed by atoms with van der Waals surface area (Å²) in [5.74, 6) is 0.194. The van der Waals surface area contributed by atoms with Gasteiger partial charge >= 0.3 is 5.97 Å². The van der Waals surface area contributed by atoms with Crippen LogP contribution in [0.2, 0.25) is 0 Å². The molecule has 1 aliphatic rings. The van der Waals surface area contributed by atoms with Crippen LogP contribution < -0.4 is 4.74 Å². The van der Waals surface area contributed by atoms with Crippen LogP contribution in [0.5, 0.6) is 5.75 Å². The summed E-state index contributed by atoms with van der Waals surface area (Å²) in [7, 11) is 0. The highest BCUT2D eigenvalue weighted by molar-refractivity contribution is 6.08. The van der Waals surface area contributed by atoms with Crippen molar-refractivity contribution in [3.8, 4) is 5.75 Å². The fourth-order valence-electron chi connectivity index (χ4n) is 3.21. The van der Waals surface area contributed by atoms with Crippen molar-refractivity contribution >= 4 is 11.8 Å². The Morgan fingerprint density at radius 2 is 1.88 bits per heavy atom. The van der Waals surface area contributed by atoms with E-state index >= 15 is 0 Å². The molecule has 0 aliphatic carbocycles. The van der Waals surface area contributed by atoms with Gasteiger partial charge in [0.2, 0.25) is 5.78 Å². The molecule has 0 fully saturated rings. The lowest BCUT2D eigenvalue weighted by Crippen LogP contribution is -2.18. The molecule has 0 radical (unpaired) electrons. The van der Waals surface area contributed by atoms with E-state index < -0.39 is 0 Å². The molecule has 3 rings (SSSR count). The number of esters is 1. The monoisotopic (exact) mass is 341 g/mol. The lowest BCUT2D eigenvalue weighted by Gasteiger charge is -2.12. The van der Waals surface area contributed by atoms with Crippen LogP contribution in [0.25, 0.3) is 0 Å². The van der Waals surface area contributed by atoms with Gasteiger partial charge in [-0.3, -0.25) is 9.59 Å². The van der Waals surface area contributed by atoms with Crippen LogP contribution in [0.1, 0.15) is 54.9 Å². The zero-order valence-electron chi connectivity index (χ0n) is 14.8. The zero-order chi connectivity index (χ0) is 18.0. The fraction of sp³-hybridized carbons (Fsp3) is 0.400. The minimum Gasteiger partial charge on any atom is -0.494 e. The van der Waals surface area contributed by atoms with Crippen molar-refractivity contribution in [2.24, 2.45) is 0 Å². The van der Waals surface area contributed by atoms with E-state index in [1.807, 2.05) is 31.4 Å². The number of fused-ring (bicyclic) bond motifs is 1. The highest BCUT2D eigenvalue weighted by Crippen LogP contribution is 2.32. The molecule has 0 bridgehead atoms. The Bertz CT molecular complexity index is 773. The van der Waals surface area contributed by atoms with Gasteiger partial charge in [-0.1, -0.05) is 0 Å². The molecule has 0 saturated heterocycles. The highest BCUT2D eigenvalue weighted by atomic mass is 16.5. The molecule has 0 N–H and O–H groups in total. The molecule has 0 spiro atoms. The summed E-state index contributed by atoms with van der Waals surface area (Å²) in [6.45, 7) is 6.84. The summed E-state index contributed by atoms with van der Waals surface area (Å²) in [6, 6.07) is 10.8. The molecule has 2 heterocycles. The largest absolute Gasteiger partial charge is 0.494 e. The van der Waals surface area contributed by atoms with Crippen LogP contribution in [-0.2, 0) is 16.1 Å². The Hall–Kier alpha value is -2.56. The fourth-order valence-corrected chi connectivity index (χ4v) is 3.21. The Labute approximate surface area is 147 Å². The second kappa shape index (κ2) is 7.13. The topological polar surface area (TPSA) is 57.5 Å². The van der Waals surface area contributed by atoms with Crippen molar-refractivity contribution in [1.29, 1.82) is 0 Å². The maximum absolute atomic E-state index is 12.8. The van der Waals surface area contributed by atoms with Crippen LogP contribution in [0.4, 0.5) is 0 Å². The van der Waals surface area contributed by atoms with Crippen molar-refractivity contribution in [2.45, 2.75) is 45.8 Å². The normalized spacial score (nSPS) is 15.9. The standard InChI is InChI=1S/C20H23NO4/c1-4-24-15-7-5-14(6-8-15)19(22)18-10-9-17-16(11-12-21(17)18)20(23)25-13(2)3/h5-10,13,16H,4,11-12H2,1-3H3. The maximum Gasteiger partial charge on any atom is 0.315 e. The van der Waals surface area contributed by atoms with E-state index in [-0.39, 0.29) is 23.8 Å². The molecule has 0 amide bonds. The number of benzene rings is 1. The van der Waals surface area contributed by atoms with Gasteiger partial charge in [0.25, 0.3) is 0 Å². The first-order valence-electron chi connectivity index (χ1n) is 8.68. The number of nitrogens with zero attached hydrogens (tertiary/aromatic N) is 1. The van der Waals surface area contributed by atoms with Gasteiger partial charge in [-0.25, -0.2) is 0 Å². The van der Waals surface area contributed by atoms with Crippen LogP contribution in [0.3, 0.4) is 0 Å². The Morgan fingerprint density at radius 1 is 1.16 bits per heavy atom. The number of carbonyl (C=O) groups is 2. The van der Waals surface area contributed by atoms with Crippen molar-refractivity contribution in [1.82, 2.24) is 4.57 Å². The molecule has 0 saturated carbocycles. The molecule has 1 aromatic carbocycles. The van der Waals surface area contributed by atoms with Crippen molar-refractivity contribution in [3.63, 3.8) is 0 Å². The second-order valence-electron chi connectivity index (χ2n) is 6.41. The molecule has 1 aromatic heterocycles. The first-order chi connectivity index (χ1) is 12.0. The predicted octanol–water partition coefficient (Wildman–Crippen LogP) is 3.56. The second-order valence-corrected chi connectivity index (χ2v) is 6.41. The van der Waals surface area contributed by atoms with Crippen molar-refractivity contribution in [2.75, 3.05) is 6.61 Å². The summed E-state index contributed by atoms with van der Waals surface area (Å²) < 4.78 is 12.7. The third-order valence-corrected chi connectivity index (χ3v) is 4.31. The number of hydrogen-bond donors (Lipinski definition) is 0. The average Bonchev–Trinajstić information content (AvgIpc) is 3.16. The van der Waals surface area contributed by atoms with Crippen LogP contribution in [0, 0.1) is 0 Å². The van der Waals surface area contributed by atoms with Gasteiger partial charge < -0.3 is 14.0 Å². The molecular weight excluding hydrogens is 318 g/mol. The van der Waals surface area contributed by atoms with E-state index in [9.17, 15) is 9.59 Å². The molecule has 25 heavy (non-hydrogen) atoms. The SMILES string of the molecule is CCOc1ccc(C(=O)c2ccc3n2CCC3C(=O)OC(C)C)cc1. The quantitative estimate of drug-likeness (QED) is 0.595. The summed E-state index contributed by atoms with van der Waals surface area (Å²) in [5.41, 5.74) is 2.08. The smallest absolute Gasteiger partial charge is 0.315 e. The summed E-state index contributed by atoms with van der Waals surface area (Å²) >= 11 is 0. The van der Waals surface area contributed by atoms with Crippen molar-refractivity contribution in [3.05, 3.63) is 53.3 Å².